The van der Waals surface area contributed by atoms with E-state index in [4.69, 9.17) is 18.6 Å². The molecule has 0 amide bonds. The molecule has 10 nitrogen and oxygen atoms in total. The minimum absolute atomic E-state index is 0.0274. The minimum atomic E-state index is -4.05. The summed E-state index contributed by atoms with van der Waals surface area (Å²) in [6, 6.07) is 11.2. The van der Waals surface area contributed by atoms with Gasteiger partial charge in [-0.3, -0.25) is 9.11 Å². The summed E-state index contributed by atoms with van der Waals surface area (Å²) >= 11 is 0. The van der Waals surface area contributed by atoms with Gasteiger partial charge in [-0.15, -0.1) is 0 Å². The van der Waals surface area contributed by atoms with Crippen LogP contribution in [0.1, 0.15) is 12.8 Å². The van der Waals surface area contributed by atoms with Gasteiger partial charge in [-0.2, -0.15) is 16.8 Å². The van der Waals surface area contributed by atoms with Crippen LogP contribution in [0.25, 0.3) is 0 Å². The first-order chi connectivity index (χ1) is 14.4. The van der Waals surface area contributed by atoms with Gasteiger partial charge in [0.15, 0.2) is 0 Å². The lowest BCUT2D eigenvalue weighted by Crippen LogP contribution is -2.09. The van der Waals surface area contributed by atoms with Crippen LogP contribution in [0.3, 0.4) is 0 Å². The van der Waals surface area contributed by atoms with Gasteiger partial charge in [0.25, 0.3) is 20.2 Å². The van der Waals surface area contributed by atoms with Crippen LogP contribution in [-0.4, -0.2) is 59.1 Å². The Morgan fingerprint density at radius 1 is 0.581 bits per heavy atom. The van der Waals surface area contributed by atoms with E-state index in [2.05, 4.69) is 0 Å². The average Bonchev–Trinajstić information content (AvgIpc) is 2.68. The van der Waals surface area contributed by atoms with Gasteiger partial charge in [-0.05, 0) is 61.4 Å². The van der Waals surface area contributed by atoms with Gasteiger partial charge in [0, 0.05) is 0 Å². The molecule has 0 bridgehead atoms. The molecule has 0 saturated heterocycles. The summed E-state index contributed by atoms with van der Waals surface area (Å²) in [5.74, 6) is -0.162. The molecule has 2 rings (SSSR count). The van der Waals surface area contributed by atoms with E-state index in [1.165, 1.54) is 48.5 Å². The van der Waals surface area contributed by atoms with E-state index < -0.39 is 41.6 Å². The normalized spacial score (nSPS) is 12.5. The summed E-state index contributed by atoms with van der Waals surface area (Å²) in [5, 5.41) is 0. The molecule has 0 aliphatic carbocycles. The summed E-state index contributed by atoms with van der Waals surface area (Å²) in [7, 11) is -11.9. The van der Waals surface area contributed by atoms with Crippen molar-refractivity contribution < 1.29 is 43.8 Å². The summed E-state index contributed by atoms with van der Waals surface area (Å²) < 4.78 is 96.0. The van der Waals surface area contributed by atoms with Gasteiger partial charge >= 0.3 is 0 Å². The molecular weight excluding hydrogens is 472 g/mol. The van der Waals surface area contributed by atoms with E-state index in [1.807, 2.05) is 0 Å². The average molecular weight is 495 g/mol. The Hall–Kier alpha value is -2.19. The lowest BCUT2D eigenvalue weighted by molar-refractivity contribution is 0.316. The predicted molar refractivity (Wildman–Crippen MR) is 111 cm³/mol. The monoisotopic (exact) mass is 494 g/mol. The SMILES string of the molecule is O=S(=O)(O)CCCOc1ccc(S(=O)(=O)c2ccc(OCCCS(=O)(=O)O)cc2)cc1. The summed E-state index contributed by atoms with van der Waals surface area (Å²) in [5.41, 5.74) is 0. The van der Waals surface area contributed by atoms with Crippen molar-refractivity contribution in [3.05, 3.63) is 48.5 Å². The molecule has 2 aromatic rings. The molecular formula is C18H22O10S3. The third-order valence-corrected chi connectivity index (χ3v) is 7.29. The second-order valence-corrected chi connectivity index (χ2v) is 11.5. The van der Waals surface area contributed by atoms with Crippen molar-refractivity contribution in [3.63, 3.8) is 0 Å². The van der Waals surface area contributed by atoms with Gasteiger partial charge in [0.05, 0.1) is 34.5 Å². The first kappa shape index (κ1) is 25.1. The van der Waals surface area contributed by atoms with E-state index in [0.29, 0.717) is 11.5 Å². The first-order valence-electron chi connectivity index (χ1n) is 8.98. The lowest BCUT2D eigenvalue weighted by Gasteiger charge is -2.09. The van der Waals surface area contributed by atoms with Crippen molar-refractivity contribution in [2.45, 2.75) is 22.6 Å². The smallest absolute Gasteiger partial charge is 0.264 e. The molecule has 0 unspecified atom stereocenters. The Morgan fingerprint density at radius 2 is 0.903 bits per heavy atom. The van der Waals surface area contributed by atoms with Crippen molar-refractivity contribution in [1.82, 2.24) is 0 Å². The van der Waals surface area contributed by atoms with E-state index in [-0.39, 0.29) is 35.8 Å². The highest BCUT2D eigenvalue weighted by Crippen LogP contribution is 2.25. The minimum Gasteiger partial charge on any atom is -0.494 e. The van der Waals surface area contributed by atoms with Gasteiger partial charge in [-0.25, -0.2) is 8.42 Å². The summed E-state index contributed by atoms with van der Waals surface area (Å²) in [6.45, 7) is 0.0785. The highest BCUT2D eigenvalue weighted by molar-refractivity contribution is 7.91. The first-order valence-corrected chi connectivity index (χ1v) is 13.7. The zero-order valence-corrected chi connectivity index (χ0v) is 18.7. The number of sulfone groups is 1. The summed E-state index contributed by atoms with van der Waals surface area (Å²) in [6.07, 6.45) is 0.173. The van der Waals surface area contributed by atoms with Crippen LogP contribution in [0.2, 0.25) is 0 Å². The second-order valence-electron chi connectivity index (χ2n) is 6.42. The molecule has 31 heavy (non-hydrogen) atoms. The molecule has 0 aliphatic rings. The highest BCUT2D eigenvalue weighted by atomic mass is 32.2. The van der Waals surface area contributed by atoms with Crippen molar-refractivity contribution in [3.8, 4) is 11.5 Å². The Labute approximate surface area is 181 Å². The van der Waals surface area contributed by atoms with Crippen molar-refractivity contribution in [2.24, 2.45) is 0 Å². The fraction of sp³-hybridized carbons (Fsp3) is 0.333. The van der Waals surface area contributed by atoms with Crippen molar-refractivity contribution in [1.29, 1.82) is 0 Å². The van der Waals surface area contributed by atoms with E-state index in [9.17, 15) is 25.3 Å². The lowest BCUT2D eigenvalue weighted by atomic mass is 10.3. The maximum Gasteiger partial charge on any atom is 0.264 e. The van der Waals surface area contributed by atoms with Gasteiger partial charge in [-0.1, -0.05) is 0 Å². The number of hydrogen-bond acceptors (Lipinski definition) is 8. The molecule has 0 fully saturated rings. The number of benzene rings is 2. The standard InChI is InChI=1S/C18H22O10S3/c19-29(20,21)13-1-11-27-15-3-7-17(8-4-15)31(25,26)18-9-5-16(6-10-18)28-12-2-14-30(22,23)24/h3-10H,1-2,11-14H2,(H,19,20,21)(H,22,23,24). The molecule has 0 radical (unpaired) electrons. The highest BCUT2D eigenvalue weighted by Gasteiger charge is 2.18. The van der Waals surface area contributed by atoms with Gasteiger partial charge < -0.3 is 9.47 Å². The number of rotatable bonds is 12. The molecule has 0 spiro atoms. The topological polar surface area (TPSA) is 161 Å². The zero-order valence-electron chi connectivity index (χ0n) is 16.2. The molecule has 0 saturated carbocycles. The fourth-order valence-electron chi connectivity index (χ4n) is 2.43. The molecule has 2 aromatic carbocycles. The van der Waals surface area contributed by atoms with Crippen LogP contribution in [-0.2, 0) is 30.1 Å². The number of hydrogen-bond donors (Lipinski definition) is 2. The zero-order chi connectivity index (χ0) is 23.1. The van der Waals surface area contributed by atoms with Crippen LogP contribution >= 0.6 is 0 Å². The molecule has 13 heteroatoms. The predicted octanol–water partition coefficient (Wildman–Crippen LogP) is 1.83. The maximum absolute atomic E-state index is 12.7. The quantitative estimate of drug-likeness (QED) is 0.329. The van der Waals surface area contributed by atoms with Crippen LogP contribution in [0.5, 0.6) is 11.5 Å². The van der Waals surface area contributed by atoms with Crippen molar-refractivity contribution in [2.75, 3.05) is 24.7 Å². The Balaban J connectivity index is 1.95. The third kappa shape index (κ3) is 8.83. The molecule has 0 aromatic heterocycles. The van der Waals surface area contributed by atoms with E-state index in [0.717, 1.165) is 0 Å². The molecule has 0 atom stereocenters. The van der Waals surface area contributed by atoms with Gasteiger partial charge in [0.1, 0.15) is 11.5 Å². The van der Waals surface area contributed by atoms with Gasteiger partial charge in [0.2, 0.25) is 9.84 Å². The molecule has 0 heterocycles. The summed E-state index contributed by atoms with van der Waals surface area (Å²) in [4.78, 5) is 0.0548. The molecule has 2 N–H and O–H groups in total. The van der Waals surface area contributed by atoms with E-state index >= 15 is 0 Å². The molecule has 0 aliphatic heterocycles. The maximum atomic E-state index is 12.7. The van der Waals surface area contributed by atoms with Crippen LogP contribution in [0, 0.1) is 0 Å². The number of ether oxygens (including phenoxy) is 2. The largest absolute Gasteiger partial charge is 0.494 e. The second kappa shape index (κ2) is 10.4. The van der Waals surface area contributed by atoms with E-state index in [1.54, 1.807) is 0 Å². The Morgan fingerprint density at radius 3 is 1.19 bits per heavy atom. The Kier molecular flexibility index (Phi) is 8.42. The molecule has 172 valence electrons. The fourth-order valence-corrected chi connectivity index (χ4v) is 4.66. The van der Waals surface area contributed by atoms with Crippen molar-refractivity contribution >= 4 is 30.1 Å². The Bertz CT molecular complexity index is 1080. The third-order valence-electron chi connectivity index (χ3n) is 3.90. The van der Waals surface area contributed by atoms with Crippen LogP contribution in [0.4, 0.5) is 0 Å². The van der Waals surface area contributed by atoms with Crippen LogP contribution < -0.4 is 9.47 Å². The van der Waals surface area contributed by atoms with Crippen LogP contribution in [0.15, 0.2) is 58.3 Å².